The van der Waals surface area contributed by atoms with Crippen LogP contribution in [0.1, 0.15) is 51.9 Å². The summed E-state index contributed by atoms with van der Waals surface area (Å²) in [5.74, 6) is 0. The lowest BCUT2D eigenvalue weighted by Crippen LogP contribution is -2.45. The molecule has 1 N–H and O–H groups in total. The Labute approximate surface area is 107 Å². The molecule has 1 heterocycles. The Balaban J connectivity index is 2.15. The van der Waals surface area contributed by atoms with Gasteiger partial charge in [-0.3, -0.25) is 4.90 Å². The van der Waals surface area contributed by atoms with Crippen LogP contribution in [0.2, 0.25) is 0 Å². The Morgan fingerprint density at radius 2 is 2.18 bits per heavy atom. The first kappa shape index (κ1) is 14.7. The minimum Gasteiger partial charge on any atom is -0.315 e. The van der Waals surface area contributed by atoms with Crippen LogP contribution in [0.5, 0.6) is 0 Å². The summed E-state index contributed by atoms with van der Waals surface area (Å²) in [7, 11) is 0. The Morgan fingerprint density at radius 3 is 2.94 bits per heavy atom. The average molecular weight is 238 g/mol. The smallest absolute Gasteiger partial charge is 0.0220 e. The number of rotatable bonds is 9. The van der Waals surface area contributed by atoms with Crippen LogP contribution in [0.15, 0.2) is 12.7 Å². The molecule has 100 valence electrons. The number of unbranched alkanes of at least 4 members (excludes halogenated alkanes) is 3. The topological polar surface area (TPSA) is 15.3 Å². The van der Waals surface area contributed by atoms with Crippen molar-refractivity contribution in [1.82, 2.24) is 10.2 Å². The second kappa shape index (κ2) is 9.67. The van der Waals surface area contributed by atoms with E-state index >= 15 is 0 Å². The van der Waals surface area contributed by atoms with Crippen molar-refractivity contribution in [2.45, 2.75) is 57.9 Å². The quantitative estimate of drug-likeness (QED) is 0.490. The van der Waals surface area contributed by atoms with Crippen molar-refractivity contribution in [2.75, 3.05) is 26.2 Å². The van der Waals surface area contributed by atoms with Gasteiger partial charge in [0.2, 0.25) is 0 Å². The number of allylic oxidation sites excluding steroid dienone is 1. The van der Waals surface area contributed by atoms with E-state index in [9.17, 15) is 0 Å². The van der Waals surface area contributed by atoms with Crippen molar-refractivity contribution in [1.29, 1.82) is 0 Å². The van der Waals surface area contributed by atoms with E-state index in [0.29, 0.717) is 0 Å². The van der Waals surface area contributed by atoms with Gasteiger partial charge in [-0.05, 0) is 51.7 Å². The molecule has 0 aliphatic carbocycles. The van der Waals surface area contributed by atoms with Gasteiger partial charge in [-0.2, -0.15) is 0 Å². The fraction of sp³-hybridized carbons (Fsp3) is 0.867. The molecule has 0 saturated carbocycles. The maximum Gasteiger partial charge on any atom is 0.0220 e. The summed E-state index contributed by atoms with van der Waals surface area (Å²) in [6.45, 7) is 10.9. The Bertz CT molecular complexity index is 191. The minimum absolute atomic E-state index is 0.795. The molecule has 1 rings (SSSR count). The summed E-state index contributed by atoms with van der Waals surface area (Å²) in [6, 6.07) is 0.795. The summed E-state index contributed by atoms with van der Waals surface area (Å²) in [5, 5.41) is 3.50. The third kappa shape index (κ3) is 6.23. The minimum atomic E-state index is 0.795. The summed E-state index contributed by atoms with van der Waals surface area (Å²) in [6.07, 6.45) is 11.5. The number of nitrogens with one attached hydrogen (secondary N) is 1. The average Bonchev–Trinajstić information content (AvgIpc) is 2.37. The van der Waals surface area contributed by atoms with E-state index in [0.717, 1.165) is 12.6 Å². The fourth-order valence-electron chi connectivity index (χ4n) is 2.68. The van der Waals surface area contributed by atoms with Gasteiger partial charge in [0.15, 0.2) is 0 Å². The van der Waals surface area contributed by atoms with Gasteiger partial charge >= 0.3 is 0 Å². The molecule has 1 atom stereocenters. The van der Waals surface area contributed by atoms with Gasteiger partial charge in [-0.15, -0.1) is 6.58 Å². The van der Waals surface area contributed by atoms with Crippen LogP contribution in [0, 0.1) is 0 Å². The molecule has 2 heteroatoms. The molecule has 1 unspecified atom stereocenters. The van der Waals surface area contributed by atoms with E-state index in [4.69, 9.17) is 0 Å². The monoisotopic (exact) mass is 238 g/mol. The van der Waals surface area contributed by atoms with E-state index in [1.165, 1.54) is 64.6 Å². The SMILES string of the molecule is C=CCCCCCN1CCCCC1CNCC. The van der Waals surface area contributed by atoms with Crippen LogP contribution in [0.25, 0.3) is 0 Å². The number of nitrogens with zero attached hydrogens (tertiary/aromatic N) is 1. The number of hydrogen-bond donors (Lipinski definition) is 1. The van der Waals surface area contributed by atoms with E-state index < -0.39 is 0 Å². The highest BCUT2D eigenvalue weighted by Gasteiger charge is 2.20. The standard InChI is InChI=1S/C15H30N2/c1-3-5-6-7-9-12-17-13-10-8-11-15(17)14-16-4-2/h3,15-16H,1,4-14H2,2H3. The van der Waals surface area contributed by atoms with Crippen LogP contribution in [-0.2, 0) is 0 Å². The van der Waals surface area contributed by atoms with Crippen molar-refractivity contribution in [3.8, 4) is 0 Å². The molecule has 0 aromatic carbocycles. The Hall–Kier alpha value is -0.340. The van der Waals surface area contributed by atoms with E-state index in [1.54, 1.807) is 0 Å². The van der Waals surface area contributed by atoms with Crippen molar-refractivity contribution in [2.24, 2.45) is 0 Å². The zero-order valence-electron chi connectivity index (χ0n) is 11.6. The lowest BCUT2D eigenvalue weighted by Gasteiger charge is -2.36. The molecular weight excluding hydrogens is 208 g/mol. The number of piperidine rings is 1. The van der Waals surface area contributed by atoms with Gasteiger partial charge < -0.3 is 5.32 Å². The van der Waals surface area contributed by atoms with Crippen LogP contribution in [-0.4, -0.2) is 37.1 Å². The summed E-state index contributed by atoms with van der Waals surface area (Å²) in [4.78, 5) is 2.71. The maximum absolute atomic E-state index is 3.78. The molecular formula is C15H30N2. The van der Waals surface area contributed by atoms with Gasteiger partial charge in [-0.1, -0.05) is 25.8 Å². The predicted molar refractivity (Wildman–Crippen MR) is 76.4 cm³/mol. The molecule has 0 radical (unpaired) electrons. The van der Waals surface area contributed by atoms with Crippen molar-refractivity contribution in [3.63, 3.8) is 0 Å². The molecule has 2 nitrogen and oxygen atoms in total. The predicted octanol–water partition coefficient (Wildman–Crippen LogP) is 3.20. The molecule has 1 aliphatic rings. The molecule has 17 heavy (non-hydrogen) atoms. The van der Waals surface area contributed by atoms with Crippen molar-refractivity contribution in [3.05, 3.63) is 12.7 Å². The first-order valence-corrected chi connectivity index (χ1v) is 7.44. The molecule has 0 aromatic rings. The van der Waals surface area contributed by atoms with Gasteiger partial charge in [0, 0.05) is 12.6 Å². The highest BCUT2D eigenvalue weighted by Crippen LogP contribution is 2.17. The second-order valence-corrected chi connectivity index (χ2v) is 5.13. The highest BCUT2D eigenvalue weighted by molar-refractivity contribution is 4.78. The molecule has 0 spiro atoms. The molecule has 1 fully saturated rings. The lowest BCUT2D eigenvalue weighted by molar-refractivity contribution is 0.143. The van der Waals surface area contributed by atoms with E-state index in [2.05, 4.69) is 23.7 Å². The fourth-order valence-corrected chi connectivity index (χ4v) is 2.68. The normalized spacial score (nSPS) is 21.6. The Kier molecular flexibility index (Phi) is 8.37. The first-order valence-electron chi connectivity index (χ1n) is 7.44. The summed E-state index contributed by atoms with van der Waals surface area (Å²) in [5.41, 5.74) is 0. The van der Waals surface area contributed by atoms with Crippen LogP contribution < -0.4 is 5.32 Å². The lowest BCUT2D eigenvalue weighted by atomic mass is 10.0. The van der Waals surface area contributed by atoms with Gasteiger partial charge in [0.1, 0.15) is 0 Å². The summed E-state index contributed by atoms with van der Waals surface area (Å²) >= 11 is 0. The second-order valence-electron chi connectivity index (χ2n) is 5.13. The third-order valence-corrected chi connectivity index (χ3v) is 3.73. The van der Waals surface area contributed by atoms with Gasteiger partial charge in [-0.25, -0.2) is 0 Å². The van der Waals surface area contributed by atoms with Crippen LogP contribution >= 0.6 is 0 Å². The van der Waals surface area contributed by atoms with Crippen molar-refractivity contribution >= 4 is 0 Å². The number of likely N-dealkylation sites (tertiary alicyclic amines) is 1. The molecule has 1 aliphatic heterocycles. The van der Waals surface area contributed by atoms with Crippen LogP contribution in [0.4, 0.5) is 0 Å². The summed E-state index contributed by atoms with van der Waals surface area (Å²) < 4.78 is 0. The maximum atomic E-state index is 3.78. The van der Waals surface area contributed by atoms with Crippen LogP contribution in [0.3, 0.4) is 0 Å². The zero-order chi connectivity index (χ0) is 12.3. The number of likely N-dealkylation sites (N-methyl/N-ethyl adjacent to an activating group) is 1. The third-order valence-electron chi connectivity index (χ3n) is 3.73. The zero-order valence-corrected chi connectivity index (χ0v) is 11.6. The molecule has 0 bridgehead atoms. The van der Waals surface area contributed by atoms with E-state index in [1.807, 2.05) is 6.08 Å². The Morgan fingerprint density at radius 1 is 1.29 bits per heavy atom. The first-order chi connectivity index (χ1) is 8.38. The number of hydrogen-bond acceptors (Lipinski definition) is 2. The molecule has 0 aromatic heterocycles. The van der Waals surface area contributed by atoms with E-state index in [-0.39, 0.29) is 0 Å². The van der Waals surface area contributed by atoms with Crippen molar-refractivity contribution < 1.29 is 0 Å². The highest BCUT2D eigenvalue weighted by atomic mass is 15.2. The van der Waals surface area contributed by atoms with Gasteiger partial charge in [0.05, 0.1) is 0 Å². The largest absolute Gasteiger partial charge is 0.315 e. The molecule has 1 saturated heterocycles. The van der Waals surface area contributed by atoms with Gasteiger partial charge in [0.25, 0.3) is 0 Å². The molecule has 0 amide bonds.